The topological polar surface area (TPSA) is 32.3 Å². The molecule has 4 nitrogen and oxygen atoms in total. The summed E-state index contributed by atoms with van der Waals surface area (Å²) in [4.78, 5) is 14.7. The lowest BCUT2D eigenvalue weighted by Crippen LogP contribution is -2.44. The third kappa shape index (κ3) is 1.76. The minimum Gasteiger partial charge on any atom is -0.345 e. The van der Waals surface area contributed by atoms with Crippen LogP contribution in [0.3, 0.4) is 0 Å². The number of anilines is 1. The van der Waals surface area contributed by atoms with Crippen molar-refractivity contribution >= 4 is 26.8 Å². The fourth-order valence-electron chi connectivity index (χ4n) is 1.89. The Kier molecular flexibility index (Phi) is 2.49. The van der Waals surface area contributed by atoms with Crippen molar-refractivity contribution in [3.63, 3.8) is 0 Å². The molecular formula is C11H14N4S. The van der Waals surface area contributed by atoms with Crippen LogP contribution in [0.15, 0.2) is 18.3 Å². The zero-order valence-electron chi connectivity index (χ0n) is 9.26. The summed E-state index contributed by atoms with van der Waals surface area (Å²) in [5, 5.41) is 1.11. The molecule has 3 rings (SSSR count). The Bertz CT molecular complexity index is 454. The van der Waals surface area contributed by atoms with E-state index in [4.69, 9.17) is 0 Å². The van der Waals surface area contributed by atoms with E-state index in [-0.39, 0.29) is 0 Å². The molecule has 1 aliphatic heterocycles. The van der Waals surface area contributed by atoms with Crippen LogP contribution in [0, 0.1) is 0 Å². The van der Waals surface area contributed by atoms with Gasteiger partial charge in [-0.2, -0.15) is 0 Å². The maximum Gasteiger partial charge on any atom is 0.188 e. The van der Waals surface area contributed by atoms with Crippen molar-refractivity contribution in [1.29, 1.82) is 0 Å². The predicted octanol–water partition coefficient (Wildman–Crippen LogP) is 1.44. The van der Waals surface area contributed by atoms with Gasteiger partial charge < -0.3 is 9.80 Å². The first-order valence-electron chi connectivity index (χ1n) is 5.48. The van der Waals surface area contributed by atoms with E-state index in [1.165, 1.54) is 0 Å². The summed E-state index contributed by atoms with van der Waals surface area (Å²) < 4.78 is 0. The molecule has 0 bridgehead atoms. The average molecular weight is 234 g/mol. The summed E-state index contributed by atoms with van der Waals surface area (Å²) in [5.41, 5.74) is 1.02. The second-order valence-corrected chi connectivity index (χ2v) is 5.07. The number of nitrogens with zero attached hydrogens (tertiary/aromatic N) is 4. The van der Waals surface area contributed by atoms with Crippen LogP contribution in [-0.2, 0) is 0 Å². The molecule has 3 heterocycles. The molecule has 1 fully saturated rings. The van der Waals surface area contributed by atoms with Crippen LogP contribution in [-0.4, -0.2) is 48.1 Å². The van der Waals surface area contributed by atoms with Crippen LogP contribution >= 0.6 is 11.3 Å². The van der Waals surface area contributed by atoms with E-state index in [1.54, 1.807) is 11.3 Å². The van der Waals surface area contributed by atoms with Gasteiger partial charge in [0.2, 0.25) is 0 Å². The van der Waals surface area contributed by atoms with E-state index in [0.29, 0.717) is 0 Å². The maximum atomic E-state index is 4.62. The molecule has 84 valence electrons. The van der Waals surface area contributed by atoms with Crippen LogP contribution in [0.1, 0.15) is 0 Å². The van der Waals surface area contributed by atoms with Crippen molar-refractivity contribution < 1.29 is 0 Å². The lowest BCUT2D eigenvalue weighted by atomic mass is 10.3. The van der Waals surface area contributed by atoms with Crippen molar-refractivity contribution in [3.8, 4) is 0 Å². The van der Waals surface area contributed by atoms with Gasteiger partial charge in [-0.3, -0.25) is 0 Å². The number of hydrogen-bond donors (Lipinski definition) is 0. The van der Waals surface area contributed by atoms with Crippen molar-refractivity contribution in [1.82, 2.24) is 14.9 Å². The van der Waals surface area contributed by atoms with Gasteiger partial charge in [0.05, 0.1) is 0 Å². The summed E-state index contributed by atoms with van der Waals surface area (Å²) in [7, 11) is 2.16. The van der Waals surface area contributed by atoms with Gasteiger partial charge in [0.25, 0.3) is 0 Å². The predicted molar refractivity (Wildman–Crippen MR) is 67.1 cm³/mol. The molecule has 16 heavy (non-hydrogen) atoms. The number of hydrogen-bond acceptors (Lipinski definition) is 5. The Morgan fingerprint density at radius 2 is 2.06 bits per heavy atom. The molecule has 0 atom stereocenters. The fourth-order valence-corrected chi connectivity index (χ4v) is 2.85. The van der Waals surface area contributed by atoms with Gasteiger partial charge in [0, 0.05) is 32.4 Å². The first-order chi connectivity index (χ1) is 7.83. The number of pyridine rings is 1. The molecule has 1 aliphatic rings. The Morgan fingerprint density at radius 3 is 2.81 bits per heavy atom. The van der Waals surface area contributed by atoms with Gasteiger partial charge in [-0.15, -0.1) is 0 Å². The van der Waals surface area contributed by atoms with Crippen molar-refractivity contribution in [2.24, 2.45) is 0 Å². The number of rotatable bonds is 1. The largest absolute Gasteiger partial charge is 0.345 e. The smallest absolute Gasteiger partial charge is 0.188 e. The molecule has 0 aliphatic carbocycles. The molecule has 0 aromatic carbocycles. The molecular weight excluding hydrogens is 220 g/mol. The van der Waals surface area contributed by atoms with Gasteiger partial charge >= 0.3 is 0 Å². The maximum absolute atomic E-state index is 4.62. The van der Waals surface area contributed by atoms with Gasteiger partial charge in [-0.05, 0) is 19.2 Å². The number of likely N-dealkylation sites (N-methyl/N-ethyl adjacent to an activating group) is 1. The summed E-state index contributed by atoms with van der Waals surface area (Å²) in [6, 6.07) is 3.97. The van der Waals surface area contributed by atoms with Crippen LogP contribution < -0.4 is 4.90 Å². The SMILES string of the molecule is CN1CCN(c2nc3cccnc3s2)CC1. The van der Waals surface area contributed by atoms with E-state index in [0.717, 1.165) is 41.7 Å². The van der Waals surface area contributed by atoms with Gasteiger partial charge in [-0.25, -0.2) is 9.97 Å². The Balaban J connectivity index is 1.88. The highest BCUT2D eigenvalue weighted by Gasteiger charge is 2.17. The molecule has 0 amide bonds. The number of aromatic nitrogens is 2. The Labute approximate surface area is 98.5 Å². The standard InChI is InChI=1S/C11H14N4S/c1-14-5-7-15(8-6-14)11-13-9-3-2-4-12-10(9)16-11/h2-4H,5-8H2,1H3. The fraction of sp³-hybridized carbons (Fsp3) is 0.455. The Morgan fingerprint density at radius 1 is 1.25 bits per heavy atom. The molecule has 0 spiro atoms. The highest BCUT2D eigenvalue weighted by atomic mass is 32.1. The average Bonchev–Trinajstić information content (AvgIpc) is 2.73. The number of piperazine rings is 1. The molecule has 1 saturated heterocycles. The molecule has 0 unspecified atom stereocenters. The molecule has 2 aromatic heterocycles. The summed E-state index contributed by atoms with van der Waals surface area (Å²) in [6.45, 7) is 4.36. The van der Waals surface area contributed by atoms with Crippen molar-refractivity contribution in [2.75, 3.05) is 38.1 Å². The van der Waals surface area contributed by atoms with Crippen LogP contribution in [0.2, 0.25) is 0 Å². The quantitative estimate of drug-likeness (QED) is 0.747. The summed E-state index contributed by atoms with van der Waals surface area (Å²) >= 11 is 1.69. The molecule has 0 radical (unpaired) electrons. The summed E-state index contributed by atoms with van der Waals surface area (Å²) in [5.74, 6) is 0. The lowest BCUT2D eigenvalue weighted by Gasteiger charge is -2.31. The summed E-state index contributed by atoms with van der Waals surface area (Å²) in [6.07, 6.45) is 1.83. The van der Waals surface area contributed by atoms with E-state index in [2.05, 4.69) is 26.8 Å². The molecule has 2 aromatic rings. The van der Waals surface area contributed by atoms with Crippen LogP contribution in [0.4, 0.5) is 5.13 Å². The molecule has 5 heteroatoms. The second kappa shape index (κ2) is 3.99. The zero-order valence-corrected chi connectivity index (χ0v) is 10.1. The minimum absolute atomic E-state index is 1.02. The third-order valence-electron chi connectivity index (χ3n) is 2.93. The van der Waals surface area contributed by atoms with E-state index in [9.17, 15) is 0 Å². The monoisotopic (exact) mass is 234 g/mol. The first-order valence-corrected chi connectivity index (χ1v) is 6.29. The number of thiazole rings is 1. The van der Waals surface area contributed by atoms with Gasteiger partial charge in [0.15, 0.2) is 5.13 Å². The Hall–Kier alpha value is -1.20. The van der Waals surface area contributed by atoms with E-state index in [1.807, 2.05) is 18.3 Å². The van der Waals surface area contributed by atoms with Gasteiger partial charge in [-0.1, -0.05) is 11.3 Å². The van der Waals surface area contributed by atoms with Crippen LogP contribution in [0.25, 0.3) is 10.3 Å². The lowest BCUT2D eigenvalue weighted by molar-refractivity contribution is 0.313. The highest BCUT2D eigenvalue weighted by molar-refractivity contribution is 7.21. The second-order valence-electron chi connectivity index (χ2n) is 4.11. The van der Waals surface area contributed by atoms with Crippen LogP contribution in [0.5, 0.6) is 0 Å². The normalized spacial score (nSPS) is 18.2. The molecule has 0 saturated carbocycles. The third-order valence-corrected chi connectivity index (χ3v) is 3.97. The molecule has 0 N–H and O–H groups in total. The van der Waals surface area contributed by atoms with E-state index >= 15 is 0 Å². The highest BCUT2D eigenvalue weighted by Crippen LogP contribution is 2.27. The van der Waals surface area contributed by atoms with Gasteiger partial charge in [0.1, 0.15) is 10.3 Å². The zero-order chi connectivity index (χ0) is 11.0. The number of fused-ring (bicyclic) bond motifs is 1. The van der Waals surface area contributed by atoms with Crippen molar-refractivity contribution in [3.05, 3.63) is 18.3 Å². The minimum atomic E-state index is 1.02. The first kappa shape index (κ1) is 9.99. The van der Waals surface area contributed by atoms with Crippen molar-refractivity contribution in [2.45, 2.75) is 0 Å². The van der Waals surface area contributed by atoms with E-state index < -0.39 is 0 Å².